The molecule has 1 aliphatic carbocycles. The summed E-state index contributed by atoms with van der Waals surface area (Å²) in [5.74, 6) is 1.93. The molecule has 1 rings (SSSR count). The van der Waals surface area contributed by atoms with Crippen LogP contribution in [0.5, 0.6) is 0 Å². The quantitative estimate of drug-likeness (QED) is 0.686. The van der Waals surface area contributed by atoms with Gasteiger partial charge in [0.15, 0.2) is 0 Å². The van der Waals surface area contributed by atoms with Gasteiger partial charge in [-0.3, -0.25) is 4.79 Å². The van der Waals surface area contributed by atoms with Crippen LogP contribution in [0.4, 0.5) is 0 Å². The van der Waals surface area contributed by atoms with E-state index >= 15 is 0 Å². The van der Waals surface area contributed by atoms with Crippen LogP contribution in [0.15, 0.2) is 0 Å². The largest absolute Gasteiger partial charge is 0.354 e. The molecule has 1 saturated carbocycles. The Morgan fingerprint density at radius 2 is 1.94 bits per heavy atom. The maximum Gasteiger partial charge on any atom is 0.221 e. The molecule has 0 spiro atoms. The van der Waals surface area contributed by atoms with Crippen molar-refractivity contribution >= 4 is 5.91 Å². The van der Waals surface area contributed by atoms with Gasteiger partial charge in [-0.2, -0.15) is 0 Å². The van der Waals surface area contributed by atoms with Gasteiger partial charge < -0.3 is 10.6 Å². The smallest absolute Gasteiger partial charge is 0.221 e. The molecule has 1 unspecified atom stereocenters. The molecule has 3 nitrogen and oxygen atoms in total. The summed E-state index contributed by atoms with van der Waals surface area (Å²) in [7, 11) is 0. The van der Waals surface area contributed by atoms with Crippen molar-refractivity contribution in [3.63, 3.8) is 0 Å². The van der Waals surface area contributed by atoms with Gasteiger partial charge in [0.1, 0.15) is 0 Å². The van der Waals surface area contributed by atoms with E-state index in [0.29, 0.717) is 12.5 Å². The second kappa shape index (κ2) is 8.52. The fourth-order valence-corrected chi connectivity index (χ4v) is 2.49. The molecule has 0 aromatic rings. The third-order valence-electron chi connectivity index (χ3n) is 4.12. The Balaban J connectivity index is 1.99. The summed E-state index contributed by atoms with van der Waals surface area (Å²) in [5.41, 5.74) is 0. The highest BCUT2D eigenvalue weighted by Crippen LogP contribution is 2.27. The molecule has 0 aromatic carbocycles. The summed E-state index contributed by atoms with van der Waals surface area (Å²) >= 11 is 0. The van der Waals surface area contributed by atoms with Crippen LogP contribution < -0.4 is 10.6 Å². The summed E-state index contributed by atoms with van der Waals surface area (Å²) in [5, 5.41) is 6.43. The molecule has 1 aliphatic rings. The third-order valence-corrected chi connectivity index (χ3v) is 4.12. The van der Waals surface area contributed by atoms with Gasteiger partial charge in [0.25, 0.3) is 0 Å². The second-order valence-electron chi connectivity index (χ2n) is 5.96. The minimum atomic E-state index is 0.175. The molecule has 0 aromatic heterocycles. The molecule has 0 radical (unpaired) electrons. The number of amides is 1. The van der Waals surface area contributed by atoms with Crippen LogP contribution in [-0.4, -0.2) is 25.0 Å². The summed E-state index contributed by atoms with van der Waals surface area (Å²) in [4.78, 5) is 11.6. The topological polar surface area (TPSA) is 41.1 Å². The Morgan fingerprint density at radius 3 is 2.56 bits per heavy atom. The van der Waals surface area contributed by atoms with Gasteiger partial charge >= 0.3 is 0 Å². The lowest BCUT2D eigenvalue weighted by Gasteiger charge is -2.26. The monoisotopic (exact) mass is 254 g/mol. The zero-order chi connectivity index (χ0) is 13.4. The molecule has 18 heavy (non-hydrogen) atoms. The predicted octanol–water partition coefficient (Wildman–Crippen LogP) is 2.71. The average Bonchev–Trinajstić information content (AvgIpc) is 2.36. The van der Waals surface area contributed by atoms with Gasteiger partial charge in [-0.25, -0.2) is 0 Å². The zero-order valence-corrected chi connectivity index (χ0v) is 12.3. The van der Waals surface area contributed by atoms with E-state index < -0.39 is 0 Å². The van der Waals surface area contributed by atoms with E-state index in [4.69, 9.17) is 0 Å². The van der Waals surface area contributed by atoms with Crippen LogP contribution in [0.25, 0.3) is 0 Å². The molecule has 1 atom stereocenters. The van der Waals surface area contributed by atoms with E-state index in [2.05, 4.69) is 31.4 Å². The molecule has 0 heterocycles. The van der Waals surface area contributed by atoms with E-state index in [1.165, 1.54) is 25.7 Å². The van der Waals surface area contributed by atoms with Gasteiger partial charge in [-0.15, -0.1) is 0 Å². The van der Waals surface area contributed by atoms with Crippen molar-refractivity contribution in [2.24, 2.45) is 11.8 Å². The van der Waals surface area contributed by atoms with E-state index in [1.807, 2.05) is 0 Å². The lowest BCUT2D eigenvalue weighted by atomic mass is 9.83. The number of hydrogen-bond donors (Lipinski definition) is 2. The number of rotatable bonds is 7. The van der Waals surface area contributed by atoms with Crippen molar-refractivity contribution in [2.45, 2.75) is 65.3 Å². The first-order valence-corrected chi connectivity index (χ1v) is 7.61. The summed E-state index contributed by atoms with van der Waals surface area (Å²) in [6, 6.07) is 0.303. The molecule has 1 amide bonds. The van der Waals surface area contributed by atoms with Crippen molar-refractivity contribution in [3.05, 3.63) is 0 Å². The van der Waals surface area contributed by atoms with Crippen LogP contribution in [-0.2, 0) is 4.79 Å². The van der Waals surface area contributed by atoms with Gasteiger partial charge in [0, 0.05) is 19.0 Å². The van der Waals surface area contributed by atoms with Gasteiger partial charge in [-0.1, -0.05) is 26.7 Å². The Bertz CT molecular complexity index is 235. The SMILES string of the molecule is CCC(C)NC(=O)CCNCC1CCC(C)CC1. The first kappa shape index (κ1) is 15.5. The fraction of sp³-hybridized carbons (Fsp3) is 0.933. The molecular weight excluding hydrogens is 224 g/mol. The molecule has 1 fully saturated rings. The number of carbonyl (C=O) groups is 1. The van der Waals surface area contributed by atoms with Crippen LogP contribution in [0.3, 0.4) is 0 Å². The minimum Gasteiger partial charge on any atom is -0.354 e. The summed E-state index contributed by atoms with van der Waals surface area (Å²) < 4.78 is 0. The standard InChI is InChI=1S/C15H30N2O/c1-4-13(3)17-15(18)9-10-16-11-14-7-5-12(2)6-8-14/h12-14,16H,4-11H2,1-3H3,(H,17,18). The molecule has 0 bridgehead atoms. The molecular formula is C15H30N2O. The molecule has 0 saturated heterocycles. The first-order chi connectivity index (χ1) is 8.61. The van der Waals surface area contributed by atoms with Gasteiger partial charge in [0.05, 0.1) is 0 Å². The van der Waals surface area contributed by atoms with Crippen LogP contribution in [0.1, 0.15) is 59.3 Å². The third kappa shape index (κ3) is 6.39. The van der Waals surface area contributed by atoms with Crippen LogP contribution in [0.2, 0.25) is 0 Å². The highest BCUT2D eigenvalue weighted by molar-refractivity contribution is 5.76. The van der Waals surface area contributed by atoms with Crippen LogP contribution >= 0.6 is 0 Å². The highest BCUT2D eigenvalue weighted by atomic mass is 16.1. The van der Waals surface area contributed by atoms with E-state index in [9.17, 15) is 4.79 Å². The average molecular weight is 254 g/mol. The summed E-state index contributed by atoms with van der Waals surface area (Å²) in [6.07, 6.45) is 7.06. The molecule has 2 N–H and O–H groups in total. The Hall–Kier alpha value is -0.570. The predicted molar refractivity (Wildman–Crippen MR) is 76.5 cm³/mol. The van der Waals surface area contributed by atoms with Crippen molar-refractivity contribution in [1.82, 2.24) is 10.6 Å². The molecule has 106 valence electrons. The normalized spacial score (nSPS) is 25.7. The lowest BCUT2D eigenvalue weighted by Crippen LogP contribution is -2.35. The van der Waals surface area contributed by atoms with Crippen molar-refractivity contribution in [1.29, 1.82) is 0 Å². The fourth-order valence-electron chi connectivity index (χ4n) is 2.49. The molecule has 3 heteroatoms. The van der Waals surface area contributed by atoms with Crippen molar-refractivity contribution in [3.8, 4) is 0 Å². The van der Waals surface area contributed by atoms with Crippen LogP contribution in [0, 0.1) is 11.8 Å². The number of hydrogen-bond acceptors (Lipinski definition) is 2. The second-order valence-corrected chi connectivity index (χ2v) is 5.96. The Kier molecular flexibility index (Phi) is 7.33. The Morgan fingerprint density at radius 1 is 1.28 bits per heavy atom. The highest BCUT2D eigenvalue weighted by Gasteiger charge is 2.17. The zero-order valence-electron chi connectivity index (χ0n) is 12.3. The Labute approximate surface area is 112 Å². The number of carbonyl (C=O) groups excluding carboxylic acids is 1. The van der Waals surface area contributed by atoms with Crippen molar-refractivity contribution in [2.75, 3.05) is 13.1 Å². The lowest BCUT2D eigenvalue weighted by molar-refractivity contribution is -0.121. The first-order valence-electron chi connectivity index (χ1n) is 7.61. The van der Waals surface area contributed by atoms with E-state index in [0.717, 1.165) is 31.3 Å². The minimum absolute atomic E-state index is 0.175. The molecule has 0 aliphatic heterocycles. The van der Waals surface area contributed by atoms with E-state index in [-0.39, 0.29) is 5.91 Å². The van der Waals surface area contributed by atoms with Gasteiger partial charge in [0.2, 0.25) is 5.91 Å². The maximum atomic E-state index is 11.6. The van der Waals surface area contributed by atoms with Crippen molar-refractivity contribution < 1.29 is 4.79 Å². The maximum absolute atomic E-state index is 11.6. The number of nitrogens with one attached hydrogen (secondary N) is 2. The van der Waals surface area contributed by atoms with E-state index in [1.54, 1.807) is 0 Å². The summed E-state index contributed by atoms with van der Waals surface area (Å²) in [6.45, 7) is 8.39. The van der Waals surface area contributed by atoms with Gasteiger partial charge in [-0.05, 0) is 44.6 Å².